The van der Waals surface area contributed by atoms with Gasteiger partial charge in [-0.05, 0) is 40.2 Å². The van der Waals surface area contributed by atoms with Crippen molar-refractivity contribution < 1.29 is 14.3 Å². The molecule has 7 heteroatoms. The summed E-state index contributed by atoms with van der Waals surface area (Å²) in [5.41, 5.74) is 1.10. The van der Waals surface area contributed by atoms with Crippen LogP contribution in [0.1, 0.15) is 16.2 Å². The smallest absolute Gasteiger partial charge is 0.287 e. The van der Waals surface area contributed by atoms with Crippen LogP contribution < -0.4 is 5.32 Å². The topological polar surface area (TPSA) is 79.8 Å². The molecule has 0 aliphatic rings. The molecule has 0 saturated carbocycles. The SMILES string of the molecule is O=C(NCc1cn2cccc(O)c2n1)c1ccc(Br)o1. The van der Waals surface area contributed by atoms with E-state index in [2.05, 4.69) is 26.2 Å². The van der Waals surface area contributed by atoms with Crippen molar-refractivity contribution >= 4 is 27.5 Å². The summed E-state index contributed by atoms with van der Waals surface area (Å²) in [5, 5.41) is 12.3. The van der Waals surface area contributed by atoms with Crippen molar-refractivity contribution in [2.45, 2.75) is 6.54 Å². The fraction of sp³-hybridized carbons (Fsp3) is 0.0769. The quantitative estimate of drug-likeness (QED) is 0.769. The molecule has 0 radical (unpaired) electrons. The van der Waals surface area contributed by atoms with E-state index in [9.17, 15) is 9.90 Å². The number of carbonyl (C=O) groups is 1. The molecule has 2 N–H and O–H groups in total. The molecule has 3 aromatic heterocycles. The number of imidazole rings is 1. The van der Waals surface area contributed by atoms with E-state index >= 15 is 0 Å². The van der Waals surface area contributed by atoms with Crippen LogP contribution in [0.2, 0.25) is 0 Å². The average molecular weight is 336 g/mol. The lowest BCUT2D eigenvalue weighted by molar-refractivity contribution is 0.0921. The number of nitrogens with one attached hydrogen (secondary N) is 1. The molecule has 0 aliphatic carbocycles. The minimum atomic E-state index is -0.322. The van der Waals surface area contributed by atoms with Gasteiger partial charge in [-0.15, -0.1) is 0 Å². The van der Waals surface area contributed by atoms with Crippen LogP contribution in [-0.4, -0.2) is 20.4 Å². The standard InChI is InChI=1S/C13H10BrN3O3/c14-11-4-3-10(20-11)13(19)15-6-8-7-17-5-1-2-9(18)12(17)16-8/h1-5,7,18H,6H2,(H,15,19). The van der Waals surface area contributed by atoms with Crippen molar-refractivity contribution in [3.8, 4) is 5.75 Å². The maximum atomic E-state index is 11.8. The maximum Gasteiger partial charge on any atom is 0.287 e. The highest BCUT2D eigenvalue weighted by Gasteiger charge is 2.11. The van der Waals surface area contributed by atoms with Crippen molar-refractivity contribution in [3.63, 3.8) is 0 Å². The molecular weight excluding hydrogens is 326 g/mol. The highest BCUT2D eigenvalue weighted by atomic mass is 79.9. The van der Waals surface area contributed by atoms with Crippen molar-refractivity contribution in [1.82, 2.24) is 14.7 Å². The van der Waals surface area contributed by atoms with E-state index in [4.69, 9.17) is 4.42 Å². The summed E-state index contributed by atoms with van der Waals surface area (Å²) < 4.78 is 7.35. The van der Waals surface area contributed by atoms with E-state index in [-0.39, 0.29) is 24.0 Å². The van der Waals surface area contributed by atoms with E-state index < -0.39 is 0 Å². The molecule has 0 bridgehead atoms. The molecular formula is C13H10BrN3O3. The van der Waals surface area contributed by atoms with Crippen LogP contribution in [0.5, 0.6) is 5.75 Å². The molecule has 0 saturated heterocycles. The Kier molecular flexibility index (Phi) is 3.19. The van der Waals surface area contributed by atoms with E-state index in [0.717, 1.165) is 0 Å². The third kappa shape index (κ3) is 2.39. The van der Waals surface area contributed by atoms with Crippen LogP contribution in [0.3, 0.4) is 0 Å². The second-order valence-electron chi connectivity index (χ2n) is 4.14. The van der Waals surface area contributed by atoms with Crippen molar-refractivity contribution in [3.05, 3.63) is 52.8 Å². The molecule has 6 nitrogen and oxygen atoms in total. The lowest BCUT2D eigenvalue weighted by Crippen LogP contribution is -2.22. The number of hydrogen-bond donors (Lipinski definition) is 2. The first-order valence-electron chi connectivity index (χ1n) is 5.82. The maximum absolute atomic E-state index is 11.8. The Labute approximate surface area is 122 Å². The molecule has 0 unspecified atom stereocenters. The van der Waals surface area contributed by atoms with Gasteiger partial charge >= 0.3 is 0 Å². The van der Waals surface area contributed by atoms with E-state index in [0.29, 0.717) is 16.0 Å². The van der Waals surface area contributed by atoms with Gasteiger partial charge in [0.25, 0.3) is 5.91 Å². The summed E-state index contributed by atoms with van der Waals surface area (Å²) in [5.74, 6) is 0.000469. The third-order valence-corrected chi connectivity index (χ3v) is 3.17. The summed E-state index contributed by atoms with van der Waals surface area (Å²) in [6.45, 7) is 0.248. The number of halogens is 1. The number of amides is 1. The molecule has 3 rings (SSSR count). The second kappa shape index (κ2) is 5.01. The minimum absolute atomic E-state index is 0.0973. The molecule has 20 heavy (non-hydrogen) atoms. The summed E-state index contributed by atoms with van der Waals surface area (Å²) in [6.07, 6.45) is 3.52. The lowest BCUT2D eigenvalue weighted by Gasteiger charge is -1.99. The van der Waals surface area contributed by atoms with Gasteiger partial charge in [0.05, 0.1) is 12.2 Å². The molecule has 0 aliphatic heterocycles. The number of hydrogen-bond acceptors (Lipinski definition) is 4. The molecule has 102 valence electrons. The van der Waals surface area contributed by atoms with Gasteiger partial charge in [-0.3, -0.25) is 4.79 Å². The van der Waals surface area contributed by atoms with Crippen LogP contribution in [0.15, 0.2) is 45.7 Å². The van der Waals surface area contributed by atoms with Crippen LogP contribution in [0, 0.1) is 0 Å². The van der Waals surface area contributed by atoms with E-state index in [1.807, 2.05) is 0 Å². The minimum Gasteiger partial charge on any atom is -0.504 e. The zero-order chi connectivity index (χ0) is 14.1. The fourth-order valence-corrected chi connectivity index (χ4v) is 2.13. The van der Waals surface area contributed by atoms with E-state index in [1.165, 1.54) is 0 Å². The predicted octanol–water partition coefficient (Wildman–Crippen LogP) is 2.33. The number of nitrogens with zero attached hydrogens (tertiary/aromatic N) is 2. The zero-order valence-corrected chi connectivity index (χ0v) is 11.8. The Hall–Kier alpha value is -2.28. The van der Waals surface area contributed by atoms with Gasteiger partial charge in [-0.1, -0.05) is 0 Å². The molecule has 0 aromatic carbocycles. The van der Waals surface area contributed by atoms with Gasteiger partial charge in [-0.2, -0.15) is 0 Å². The van der Waals surface area contributed by atoms with Crippen molar-refractivity contribution in [2.75, 3.05) is 0 Å². The molecule has 0 fully saturated rings. The number of aromatic hydroxyl groups is 1. The number of carbonyl (C=O) groups excluding carboxylic acids is 1. The van der Waals surface area contributed by atoms with Gasteiger partial charge in [0.1, 0.15) is 0 Å². The summed E-state index contributed by atoms with van der Waals surface area (Å²) in [6, 6.07) is 6.50. The number of aromatic nitrogens is 2. The summed E-state index contributed by atoms with van der Waals surface area (Å²) >= 11 is 3.14. The average Bonchev–Trinajstić information content (AvgIpc) is 3.03. The van der Waals surface area contributed by atoms with Crippen LogP contribution in [-0.2, 0) is 6.54 Å². The second-order valence-corrected chi connectivity index (χ2v) is 4.92. The monoisotopic (exact) mass is 335 g/mol. The number of pyridine rings is 1. The molecule has 0 atom stereocenters. The Balaban J connectivity index is 1.74. The van der Waals surface area contributed by atoms with Gasteiger partial charge < -0.3 is 19.2 Å². The largest absolute Gasteiger partial charge is 0.504 e. The van der Waals surface area contributed by atoms with Crippen molar-refractivity contribution in [2.24, 2.45) is 0 Å². The number of fused-ring (bicyclic) bond motifs is 1. The summed E-state index contributed by atoms with van der Waals surface area (Å²) in [4.78, 5) is 16.0. The molecule has 3 aromatic rings. The van der Waals surface area contributed by atoms with Crippen LogP contribution >= 0.6 is 15.9 Å². The van der Waals surface area contributed by atoms with E-state index in [1.54, 1.807) is 41.1 Å². The lowest BCUT2D eigenvalue weighted by atomic mass is 10.4. The molecule has 0 spiro atoms. The third-order valence-electron chi connectivity index (χ3n) is 2.74. The first kappa shape index (κ1) is 12.7. The Morgan fingerprint density at radius 1 is 1.45 bits per heavy atom. The van der Waals surface area contributed by atoms with Gasteiger partial charge in [-0.25, -0.2) is 4.98 Å². The highest BCUT2D eigenvalue weighted by molar-refractivity contribution is 9.10. The normalized spacial score (nSPS) is 10.8. The Morgan fingerprint density at radius 3 is 3.00 bits per heavy atom. The first-order chi connectivity index (χ1) is 9.63. The van der Waals surface area contributed by atoms with Crippen LogP contribution in [0.4, 0.5) is 0 Å². The summed E-state index contributed by atoms with van der Waals surface area (Å²) in [7, 11) is 0. The van der Waals surface area contributed by atoms with Gasteiger partial charge in [0, 0.05) is 12.4 Å². The fourth-order valence-electron chi connectivity index (χ4n) is 1.83. The number of rotatable bonds is 3. The predicted molar refractivity (Wildman–Crippen MR) is 74.4 cm³/mol. The Bertz CT molecular complexity index is 778. The first-order valence-corrected chi connectivity index (χ1v) is 6.62. The van der Waals surface area contributed by atoms with Gasteiger partial charge in [0.2, 0.25) is 0 Å². The van der Waals surface area contributed by atoms with Gasteiger partial charge in [0.15, 0.2) is 21.8 Å². The highest BCUT2D eigenvalue weighted by Crippen LogP contribution is 2.17. The zero-order valence-electron chi connectivity index (χ0n) is 10.2. The van der Waals surface area contributed by atoms with Crippen LogP contribution in [0.25, 0.3) is 5.65 Å². The molecule has 1 amide bonds. The van der Waals surface area contributed by atoms with Crippen molar-refractivity contribution in [1.29, 1.82) is 0 Å². The number of furan rings is 1. The Morgan fingerprint density at radius 2 is 2.30 bits per heavy atom. The molecule has 3 heterocycles.